The lowest BCUT2D eigenvalue weighted by Crippen LogP contribution is -2.38. The second-order valence-electron chi connectivity index (χ2n) is 7.16. The second kappa shape index (κ2) is 8.03. The minimum Gasteiger partial charge on any atom is -0.369 e. The predicted octanol–water partition coefficient (Wildman–Crippen LogP) is 3.66. The van der Waals surface area contributed by atoms with Crippen LogP contribution in [0.25, 0.3) is 22.2 Å². The van der Waals surface area contributed by atoms with E-state index in [1.165, 1.54) is 17.3 Å². The van der Waals surface area contributed by atoms with Crippen LogP contribution in [-0.2, 0) is 11.3 Å². The van der Waals surface area contributed by atoms with Gasteiger partial charge in [-0.25, -0.2) is 15.0 Å². The normalized spacial score (nSPS) is 17.4. The summed E-state index contributed by atoms with van der Waals surface area (Å²) in [5.74, 6) is 0. The Bertz CT molecular complexity index is 1110. The lowest BCUT2D eigenvalue weighted by Gasteiger charge is -2.33. The number of benzene rings is 1. The maximum absolute atomic E-state index is 6.06. The van der Waals surface area contributed by atoms with Gasteiger partial charge in [-0.15, -0.1) is 0 Å². The van der Waals surface area contributed by atoms with Crippen LogP contribution >= 0.6 is 0 Å². The number of morpholine rings is 1. The standard InChI is InChI=1S/C23H21N5O/c1-4-17(19-5-3-9-26-21(19)7-1)14-28-10-11-29-23(15-28)22-8-2-6-20(27-22)18-12-24-16-25-13-18/h1-9,12-13,16,23H,10-11,14-15H2. The fraction of sp³-hybridized carbons (Fsp3) is 0.217. The van der Waals surface area contributed by atoms with Crippen molar-refractivity contribution in [1.82, 2.24) is 24.8 Å². The molecule has 0 amide bonds. The molecular formula is C23H21N5O. The molecule has 5 rings (SSSR count). The first-order valence-electron chi connectivity index (χ1n) is 9.76. The van der Waals surface area contributed by atoms with Crippen molar-refractivity contribution in [2.24, 2.45) is 0 Å². The number of fused-ring (bicyclic) bond motifs is 1. The van der Waals surface area contributed by atoms with Crippen LogP contribution in [0.3, 0.4) is 0 Å². The number of hydrogen-bond donors (Lipinski definition) is 0. The number of pyridine rings is 2. The van der Waals surface area contributed by atoms with Crippen molar-refractivity contribution in [1.29, 1.82) is 0 Å². The van der Waals surface area contributed by atoms with E-state index in [1.54, 1.807) is 12.4 Å². The molecule has 1 unspecified atom stereocenters. The molecule has 1 fully saturated rings. The van der Waals surface area contributed by atoms with Crippen LogP contribution in [0.4, 0.5) is 0 Å². The molecule has 0 aliphatic carbocycles. The number of nitrogens with zero attached hydrogens (tertiary/aromatic N) is 5. The van der Waals surface area contributed by atoms with E-state index in [-0.39, 0.29) is 6.10 Å². The molecular weight excluding hydrogens is 362 g/mol. The quantitative estimate of drug-likeness (QED) is 0.536. The minimum atomic E-state index is -0.0542. The molecule has 4 heterocycles. The third-order valence-electron chi connectivity index (χ3n) is 5.24. The van der Waals surface area contributed by atoms with Crippen molar-refractivity contribution in [3.63, 3.8) is 0 Å². The van der Waals surface area contributed by atoms with Crippen molar-refractivity contribution >= 4 is 10.9 Å². The summed E-state index contributed by atoms with van der Waals surface area (Å²) >= 11 is 0. The number of rotatable bonds is 4. The van der Waals surface area contributed by atoms with E-state index in [9.17, 15) is 0 Å². The zero-order chi connectivity index (χ0) is 19.5. The Morgan fingerprint density at radius 3 is 2.83 bits per heavy atom. The Balaban J connectivity index is 1.36. The molecule has 3 aromatic heterocycles. The van der Waals surface area contributed by atoms with Crippen LogP contribution in [0, 0.1) is 0 Å². The highest BCUT2D eigenvalue weighted by atomic mass is 16.5. The molecule has 144 valence electrons. The van der Waals surface area contributed by atoms with E-state index < -0.39 is 0 Å². The lowest BCUT2D eigenvalue weighted by atomic mass is 10.1. The summed E-state index contributed by atoms with van der Waals surface area (Å²) in [6, 6.07) is 16.5. The predicted molar refractivity (Wildman–Crippen MR) is 111 cm³/mol. The van der Waals surface area contributed by atoms with Crippen LogP contribution in [0.2, 0.25) is 0 Å². The Morgan fingerprint density at radius 1 is 1.00 bits per heavy atom. The van der Waals surface area contributed by atoms with Crippen molar-refractivity contribution in [2.75, 3.05) is 19.7 Å². The Morgan fingerprint density at radius 2 is 1.90 bits per heavy atom. The van der Waals surface area contributed by atoms with Crippen LogP contribution in [-0.4, -0.2) is 44.5 Å². The third kappa shape index (κ3) is 3.85. The summed E-state index contributed by atoms with van der Waals surface area (Å²) < 4.78 is 6.06. The van der Waals surface area contributed by atoms with E-state index in [1.807, 2.05) is 30.5 Å². The van der Waals surface area contributed by atoms with Crippen molar-refractivity contribution in [2.45, 2.75) is 12.6 Å². The molecule has 0 saturated carbocycles. The summed E-state index contributed by atoms with van der Waals surface area (Å²) in [7, 11) is 0. The van der Waals surface area contributed by atoms with Gasteiger partial charge in [-0.2, -0.15) is 0 Å². The molecule has 1 atom stereocenters. The van der Waals surface area contributed by atoms with Gasteiger partial charge in [0.25, 0.3) is 0 Å². The summed E-state index contributed by atoms with van der Waals surface area (Å²) in [5, 5.41) is 1.21. The van der Waals surface area contributed by atoms with E-state index in [0.29, 0.717) is 6.61 Å². The average molecular weight is 383 g/mol. The number of ether oxygens (including phenoxy) is 1. The summed E-state index contributed by atoms with van der Waals surface area (Å²) in [5.41, 5.74) is 5.04. The molecule has 4 aromatic rings. The molecule has 0 bridgehead atoms. The van der Waals surface area contributed by atoms with E-state index in [0.717, 1.165) is 42.1 Å². The van der Waals surface area contributed by atoms with Gasteiger partial charge in [-0.05, 0) is 29.8 Å². The highest BCUT2D eigenvalue weighted by Crippen LogP contribution is 2.26. The SMILES string of the molecule is c1cc(-c2cncnc2)nc(C2CN(Cc3cccc4ncccc34)CCO2)c1. The monoisotopic (exact) mass is 383 g/mol. The maximum atomic E-state index is 6.06. The van der Waals surface area contributed by atoms with Gasteiger partial charge in [0.1, 0.15) is 12.4 Å². The topological polar surface area (TPSA) is 64.0 Å². The first kappa shape index (κ1) is 17.8. The minimum absolute atomic E-state index is 0.0542. The molecule has 1 aromatic carbocycles. The smallest absolute Gasteiger partial charge is 0.115 e. The molecule has 29 heavy (non-hydrogen) atoms. The van der Waals surface area contributed by atoms with Crippen molar-refractivity contribution in [3.05, 3.63) is 84.7 Å². The lowest BCUT2D eigenvalue weighted by molar-refractivity contribution is -0.0348. The Kier molecular flexibility index (Phi) is 4.94. The van der Waals surface area contributed by atoms with Crippen LogP contribution in [0.5, 0.6) is 0 Å². The van der Waals surface area contributed by atoms with Crippen LogP contribution < -0.4 is 0 Å². The molecule has 0 radical (unpaired) electrons. The molecule has 0 N–H and O–H groups in total. The fourth-order valence-electron chi connectivity index (χ4n) is 3.79. The molecule has 0 spiro atoms. The van der Waals surface area contributed by atoms with Gasteiger partial charge in [0, 0.05) is 49.2 Å². The van der Waals surface area contributed by atoms with Gasteiger partial charge in [0.05, 0.1) is 23.5 Å². The number of hydrogen-bond acceptors (Lipinski definition) is 6. The van der Waals surface area contributed by atoms with Crippen molar-refractivity contribution < 1.29 is 4.74 Å². The van der Waals surface area contributed by atoms with Crippen LogP contribution in [0.15, 0.2) is 73.4 Å². The van der Waals surface area contributed by atoms with Gasteiger partial charge >= 0.3 is 0 Å². The van der Waals surface area contributed by atoms with Gasteiger partial charge in [0.2, 0.25) is 0 Å². The zero-order valence-electron chi connectivity index (χ0n) is 16.0. The van der Waals surface area contributed by atoms with Gasteiger partial charge in [-0.1, -0.05) is 24.3 Å². The first-order chi connectivity index (χ1) is 14.4. The van der Waals surface area contributed by atoms with Gasteiger partial charge in [-0.3, -0.25) is 9.88 Å². The largest absolute Gasteiger partial charge is 0.369 e. The molecule has 6 heteroatoms. The number of aromatic nitrogens is 4. The molecule has 6 nitrogen and oxygen atoms in total. The molecule has 1 aliphatic heterocycles. The van der Waals surface area contributed by atoms with E-state index in [4.69, 9.17) is 9.72 Å². The molecule has 1 saturated heterocycles. The van der Waals surface area contributed by atoms with E-state index in [2.05, 4.69) is 44.1 Å². The second-order valence-corrected chi connectivity index (χ2v) is 7.16. The maximum Gasteiger partial charge on any atom is 0.115 e. The molecule has 1 aliphatic rings. The first-order valence-corrected chi connectivity index (χ1v) is 9.76. The fourth-order valence-corrected chi connectivity index (χ4v) is 3.79. The summed E-state index contributed by atoms with van der Waals surface area (Å²) in [6.07, 6.45) is 6.87. The van der Waals surface area contributed by atoms with E-state index >= 15 is 0 Å². The van der Waals surface area contributed by atoms with Crippen LogP contribution in [0.1, 0.15) is 17.4 Å². The van der Waals surface area contributed by atoms with Gasteiger partial charge < -0.3 is 4.74 Å². The third-order valence-corrected chi connectivity index (χ3v) is 5.24. The van der Waals surface area contributed by atoms with Crippen molar-refractivity contribution in [3.8, 4) is 11.3 Å². The highest BCUT2D eigenvalue weighted by Gasteiger charge is 2.24. The Hall–Kier alpha value is -3.22. The Labute approximate surface area is 169 Å². The summed E-state index contributed by atoms with van der Waals surface area (Å²) in [6.45, 7) is 3.26. The zero-order valence-corrected chi connectivity index (χ0v) is 16.0. The highest BCUT2D eigenvalue weighted by molar-refractivity contribution is 5.81. The van der Waals surface area contributed by atoms with Gasteiger partial charge in [0.15, 0.2) is 0 Å². The summed E-state index contributed by atoms with van der Waals surface area (Å²) in [4.78, 5) is 19.9. The average Bonchev–Trinajstić information content (AvgIpc) is 2.80.